The first-order chi connectivity index (χ1) is 11.3. The van der Waals surface area contributed by atoms with Gasteiger partial charge in [0, 0.05) is 39.3 Å². The molecule has 0 saturated carbocycles. The minimum atomic E-state index is -2.58. The van der Waals surface area contributed by atoms with Gasteiger partial charge < -0.3 is 0 Å². The Morgan fingerprint density at radius 3 is 1.57 bits per heavy atom. The van der Waals surface area contributed by atoms with E-state index >= 15 is 0 Å². The van der Waals surface area contributed by atoms with Crippen molar-refractivity contribution in [2.75, 3.05) is 26.2 Å². The minimum Gasteiger partial charge on any atom is -0.270 e. The molecule has 4 rings (SSSR count). The summed E-state index contributed by atoms with van der Waals surface area (Å²) in [6.45, 7) is 5.12. The van der Waals surface area contributed by atoms with Crippen molar-refractivity contribution in [3.05, 3.63) is 71.8 Å². The van der Waals surface area contributed by atoms with Crippen molar-refractivity contribution in [2.45, 2.75) is 13.1 Å². The summed E-state index contributed by atoms with van der Waals surface area (Å²) in [5.74, 6) is 0. The van der Waals surface area contributed by atoms with Crippen molar-refractivity contribution in [3.63, 3.8) is 0 Å². The monoisotopic (exact) mass is 327 g/mol. The molecular formula is C18H22N3OP. The first-order valence-electron chi connectivity index (χ1n) is 8.21. The van der Waals surface area contributed by atoms with Crippen molar-refractivity contribution >= 4 is 7.59 Å². The van der Waals surface area contributed by atoms with E-state index in [-0.39, 0.29) is 0 Å². The summed E-state index contributed by atoms with van der Waals surface area (Å²) in [7, 11) is -2.58. The molecule has 0 atom stereocenters. The van der Waals surface area contributed by atoms with Gasteiger partial charge in [-0.05, 0) is 11.1 Å². The van der Waals surface area contributed by atoms with E-state index in [9.17, 15) is 4.57 Å². The van der Waals surface area contributed by atoms with Crippen molar-refractivity contribution in [3.8, 4) is 0 Å². The van der Waals surface area contributed by atoms with Gasteiger partial charge in [0.15, 0.2) is 0 Å². The Bertz CT molecular complexity index is 649. The molecule has 5 heteroatoms. The smallest absolute Gasteiger partial charge is 0.270 e. The molecule has 0 aliphatic carbocycles. The van der Waals surface area contributed by atoms with E-state index in [4.69, 9.17) is 0 Å². The second kappa shape index (κ2) is 6.21. The SMILES string of the molecule is O=P12N(CCN1Cc1ccccc1)CCN2Cc1ccccc1. The fourth-order valence-corrected chi connectivity index (χ4v) is 6.73. The van der Waals surface area contributed by atoms with Crippen LogP contribution in [0.1, 0.15) is 11.1 Å². The average molecular weight is 327 g/mol. The molecule has 2 aliphatic heterocycles. The van der Waals surface area contributed by atoms with Crippen LogP contribution in [-0.2, 0) is 17.7 Å². The summed E-state index contributed by atoms with van der Waals surface area (Å²) >= 11 is 0. The van der Waals surface area contributed by atoms with Gasteiger partial charge in [0.25, 0.3) is 7.59 Å². The second-order valence-electron chi connectivity index (χ2n) is 6.21. The summed E-state index contributed by atoms with van der Waals surface area (Å²) in [5, 5.41) is 0. The highest BCUT2D eigenvalue weighted by atomic mass is 31.2. The van der Waals surface area contributed by atoms with Gasteiger partial charge in [-0.15, -0.1) is 0 Å². The number of benzene rings is 2. The molecule has 0 bridgehead atoms. The van der Waals surface area contributed by atoms with E-state index in [1.165, 1.54) is 11.1 Å². The molecule has 2 aromatic rings. The van der Waals surface area contributed by atoms with Crippen LogP contribution in [0, 0.1) is 0 Å². The standard InChI is InChI=1S/C18H22N3OP/c22-23-19(11-13-20(23)15-17-7-3-1-4-8-17)12-14-21(23)16-18-9-5-2-6-10-18/h1-10H,11-16H2. The summed E-state index contributed by atoms with van der Waals surface area (Å²) in [6, 6.07) is 20.7. The lowest BCUT2D eigenvalue weighted by molar-refractivity contribution is 0.362. The Morgan fingerprint density at radius 1 is 0.696 bits per heavy atom. The third-order valence-corrected chi connectivity index (χ3v) is 8.05. The quantitative estimate of drug-likeness (QED) is 0.804. The van der Waals surface area contributed by atoms with Crippen LogP contribution in [0.15, 0.2) is 60.7 Å². The third-order valence-electron chi connectivity index (χ3n) is 4.75. The van der Waals surface area contributed by atoms with E-state index in [2.05, 4.69) is 62.5 Å². The molecule has 23 heavy (non-hydrogen) atoms. The predicted octanol–water partition coefficient (Wildman–Crippen LogP) is 3.43. The highest BCUT2D eigenvalue weighted by Crippen LogP contribution is 2.63. The number of hydrogen-bond donors (Lipinski definition) is 0. The Hall–Kier alpha value is -1.45. The van der Waals surface area contributed by atoms with Crippen molar-refractivity contribution in [2.24, 2.45) is 0 Å². The fraction of sp³-hybridized carbons (Fsp3) is 0.333. The second-order valence-corrected chi connectivity index (χ2v) is 8.94. The summed E-state index contributed by atoms with van der Waals surface area (Å²) in [4.78, 5) is 0. The van der Waals surface area contributed by atoms with Gasteiger partial charge >= 0.3 is 0 Å². The molecule has 0 radical (unpaired) electrons. The van der Waals surface area contributed by atoms with Crippen LogP contribution in [0.4, 0.5) is 0 Å². The van der Waals surface area contributed by atoms with E-state index in [0.717, 1.165) is 39.3 Å². The lowest BCUT2D eigenvalue weighted by Gasteiger charge is -2.31. The molecule has 0 N–H and O–H groups in total. The van der Waals surface area contributed by atoms with Gasteiger partial charge in [0.2, 0.25) is 0 Å². The van der Waals surface area contributed by atoms with E-state index in [1.54, 1.807) is 0 Å². The molecule has 4 nitrogen and oxygen atoms in total. The molecule has 0 unspecified atom stereocenters. The maximum absolute atomic E-state index is 13.8. The highest BCUT2D eigenvalue weighted by molar-refractivity contribution is 7.57. The van der Waals surface area contributed by atoms with Crippen molar-refractivity contribution in [1.29, 1.82) is 0 Å². The van der Waals surface area contributed by atoms with E-state index in [0.29, 0.717) is 0 Å². The Labute approximate surface area is 137 Å². The van der Waals surface area contributed by atoms with Crippen LogP contribution in [0.5, 0.6) is 0 Å². The normalized spacial score (nSPS) is 21.6. The van der Waals surface area contributed by atoms with Crippen LogP contribution in [0.3, 0.4) is 0 Å². The van der Waals surface area contributed by atoms with Gasteiger partial charge in [-0.3, -0.25) is 4.57 Å². The molecule has 0 amide bonds. The minimum absolute atomic E-state index is 0.764. The van der Waals surface area contributed by atoms with Crippen molar-refractivity contribution in [1.82, 2.24) is 14.0 Å². The molecule has 0 aromatic heterocycles. The van der Waals surface area contributed by atoms with Crippen LogP contribution in [0.25, 0.3) is 0 Å². The largest absolute Gasteiger partial charge is 0.287 e. The Kier molecular flexibility index (Phi) is 4.08. The lowest BCUT2D eigenvalue weighted by Crippen LogP contribution is -2.26. The van der Waals surface area contributed by atoms with Crippen LogP contribution in [-0.4, -0.2) is 40.2 Å². The molecule has 2 heterocycles. The van der Waals surface area contributed by atoms with Gasteiger partial charge in [-0.1, -0.05) is 60.7 Å². The first-order valence-corrected chi connectivity index (χ1v) is 9.77. The maximum atomic E-state index is 13.8. The first kappa shape index (κ1) is 15.1. The highest BCUT2D eigenvalue weighted by Gasteiger charge is 2.51. The van der Waals surface area contributed by atoms with E-state index < -0.39 is 7.59 Å². The van der Waals surface area contributed by atoms with E-state index in [1.807, 2.05) is 12.1 Å². The zero-order valence-corrected chi connectivity index (χ0v) is 14.1. The van der Waals surface area contributed by atoms with Gasteiger partial charge in [-0.25, -0.2) is 14.0 Å². The van der Waals surface area contributed by atoms with Crippen LogP contribution < -0.4 is 0 Å². The Morgan fingerprint density at radius 2 is 1.13 bits per heavy atom. The maximum Gasteiger partial charge on any atom is 0.287 e. The molecule has 0 spiro atoms. The van der Waals surface area contributed by atoms with Gasteiger partial charge in [-0.2, -0.15) is 0 Å². The molecular weight excluding hydrogens is 305 g/mol. The van der Waals surface area contributed by atoms with Gasteiger partial charge in [0.1, 0.15) is 0 Å². The number of nitrogens with zero attached hydrogens (tertiary/aromatic N) is 3. The van der Waals surface area contributed by atoms with Gasteiger partial charge in [0.05, 0.1) is 0 Å². The zero-order chi connectivity index (χ0) is 15.7. The molecule has 2 fully saturated rings. The number of rotatable bonds is 4. The molecule has 120 valence electrons. The van der Waals surface area contributed by atoms with Crippen molar-refractivity contribution < 1.29 is 4.57 Å². The van der Waals surface area contributed by atoms with Crippen LogP contribution >= 0.6 is 7.59 Å². The average Bonchev–Trinajstić information content (AvgIpc) is 3.07. The summed E-state index contributed by atoms with van der Waals surface area (Å²) < 4.78 is 20.4. The topological polar surface area (TPSA) is 26.8 Å². The zero-order valence-electron chi connectivity index (χ0n) is 13.2. The predicted molar refractivity (Wildman–Crippen MR) is 92.9 cm³/mol. The van der Waals surface area contributed by atoms with Crippen LogP contribution in [0.2, 0.25) is 0 Å². The molecule has 2 saturated heterocycles. The summed E-state index contributed by atoms with van der Waals surface area (Å²) in [6.07, 6.45) is 0. The lowest BCUT2D eigenvalue weighted by atomic mass is 10.2. The third kappa shape index (κ3) is 2.77. The molecule has 2 aliphatic rings. The summed E-state index contributed by atoms with van der Waals surface area (Å²) in [5.41, 5.74) is 2.47. The Balaban J connectivity index is 1.56. The number of hydrogen-bond acceptors (Lipinski definition) is 1. The number of fused-ring (bicyclic) bond motifs is 1. The fourth-order valence-electron chi connectivity index (χ4n) is 3.56. The molecule has 2 aromatic carbocycles.